The quantitative estimate of drug-likeness (QED) is 0.558. The summed E-state index contributed by atoms with van der Waals surface area (Å²) in [5.41, 5.74) is 0. The van der Waals surface area contributed by atoms with Gasteiger partial charge in [0, 0.05) is 24.3 Å². The van der Waals surface area contributed by atoms with Gasteiger partial charge >= 0.3 is 0 Å². The van der Waals surface area contributed by atoms with Crippen molar-refractivity contribution in [2.24, 2.45) is 0 Å². The highest BCUT2D eigenvalue weighted by Crippen LogP contribution is 2.28. The largest absolute Gasteiger partial charge is 0.342 e. The van der Waals surface area contributed by atoms with Crippen molar-refractivity contribution in [3.05, 3.63) is 0 Å². The van der Waals surface area contributed by atoms with Crippen LogP contribution in [0.1, 0.15) is 58.3 Å². The van der Waals surface area contributed by atoms with Crippen molar-refractivity contribution in [2.45, 2.75) is 69.2 Å². The molecular formula is C13H24BrNO. The number of nitrogens with zero attached hydrogens (tertiary/aromatic N) is 1. The fourth-order valence-corrected chi connectivity index (χ4v) is 3.33. The van der Waals surface area contributed by atoms with Crippen LogP contribution in [0.5, 0.6) is 0 Å². The summed E-state index contributed by atoms with van der Waals surface area (Å²) < 4.78 is 0. The lowest BCUT2D eigenvalue weighted by atomic mass is 9.94. The fourth-order valence-electron chi connectivity index (χ4n) is 2.39. The summed E-state index contributed by atoms with van der Waals surface area (Å²) in [6, 6.07) is 0.419. The summed E-state index contributed by atoms with van der Waals surface area (Å²) in [4.78, 5) is 14.4. The van der Waals surface area contributed by atoms with Crippen LogP contribution < -0.4 is 0 Å². The van der Waals surface area contributed by atoms with E-state index in [-0.39, 0.29) is 0 Å². The normalized spacial score (nSPS) is 25.4. The number of rotatable bonds is 5. The zero-order chi connectivity index (χ0) is 12.0. The standard InChI is InChI=1S/C13H24BrNO/c1-3-4-5-10-13(16)15(2)12-9-7-6-8-11(12)14/h11-12H,3-10H2,1-2H3. The molecule has 0 N–H and O–H groups in total. The van der Waals surface area contributed by atoms with Crippen LogP contribution in [0.2, 0.25) is 0 Å². The third-order valence-corrected chi connectivity index (χ3v) is 4.60. The highest BCUT2D eigenvalue weighted by molar-refractivity contribution is 9.09. The Labute approximate surface area is 108 Å². The van der Waals surface area contributed by atoms with E-state index in [1.807, 2.05) is 11.9 Å². The predicted octanol–water partition coefficient (Wildman–Crippen LogP) is 3.73. The number of carbonyl (C=O) groups is 1. The number of amides is 1. The molecule has 1 aliphatic rings. The first-order valence-corrected chi connectivity index (χ1v) is 7.48. The molecule has 0 radical (unpaired) electrons. The van der Waals surface area contributed by atoms with Gasteiger partial charge in [-0.3, -0.25) is 4.79 Å². The van der Waals surface area contributed by atoms with Crippen LogP contribution in [0.4, 0.5) is 0 Å². The third-order valence-electron chi connectivity index (χ3n) is 3.53. The monoisotopic (exact) mass is 289 g/mol. The van der Waals surface area contributed by atoms with Gasteiger partial charge in [0.2, 0.25) is 5.91 Å². The molecule has 0 aliphatic heterocycles. The van der Waals surface area contributed by atoms with Gasteiger partial charge in [0.25, 0.3) is 0 Å². The maximum absolute atomic E-state index is 12.0. The number of alkyl halides is 1. The number of hydrogen-bond donors (Lipinski definition) is 0. The Hall–Kier alpha value is -0.0500. The summed E-state index contributed by atoms with van der Waals surface area (Å²) >= 11 is 3.71. The van der Waals surface area contributed by atoms with E-state index >= 15 is 0 Å². The maximum atomic E-state index is 12.0. The Morgan fingerprint density at radius 3 is 2.62 bits per heavy atom. The molecule has 1 aliphatic carbocycles. The van der Waals surface area contributed by atoms with E-state index in [0.29, 0.717) is 16.8 Å². The van der Waals surface area contributed by atoms with Crippen molar-refractivity contribution >= 4 is 21.8 Å². The van der Waals surface area contributed by atoms with Crippen molar-refractivity contribution in [3.8, 4) is 0 Å². The van der Waals surface area contributed by atoms with Crippen molar-refractivity contribution < 1.29 is 4.79 Å². The molecule has 94 valence electrons. The molecule has 2 nitrogen and oxygen atoms in total. The number of unbranched alkanes of at least 4 members (excludes halogenated alkanes) is 2. The van der Waals surface area contributed by atoms with Gasteiger partial charge in [-0.25, -0.2) is 0 Å². The molecule has 3 heteroatoms. The molecule has 1 saturated carbocycles. The molecule has 1 rings (SSSR count). The van der Waals surface area contributed by atoms with Gasteiger partial charge in [-0.15, -0.1) is 0 Å². The van der Waals surface area contributed by atoms with E-state index in [1.54, 1.807) is 0 Å². The van der Waals surface area contributed by atoms with Crippen LogP contribution in [0.15, 0.2) is 0 Å². The number of carbonyl (C=O) groups excluding carboxylic acids is 1. The van der Waals surface area contributed by atoms with E-state index in [4.69, 9.17) is 0 Å². The number of hydrogen-bond acceptors (Lipinski definition) is 1. The summed E-state index contributed by atoms with van der Waals surface area (Å²) in [7, 11) is 1.97. The van der Waals surface area contributed by atoms with Crippen LogP contribution in [-0.2, 0) is 4.79 Å². The van der Waals surface area contributed by atoms with E-state index in [2.05, 4.69) is 22.9 Å². The summed E-state index contributed by atoms with van der Waals surface area (Å²) in [6.07, 6.45) is 9.04. The van der Waals surface area contributed by atoms with Gasteiger partial charge in [0.1, 0.15) is 0 Å². The van der Waals surface area contributed by atoms with Gasteiger partial charge < -0.3 is 4.90 Å². The smallest absolute Gasteiger partial charge is 0.222 e. The topological polar surface area (TPSA) is 20.3 Å². The van der Waals surface area contributed by atoms with Crippen LogP contribution in [-0.4, -0.2) is 28.7 Å². The van der Waals surface area contributed by atoms with Gasteiger partial charge in [-0.05, 0) is 19.3 Å². The van der Waals surface area contributed by atoms with E-state index in [0.717, 1.165) is 19.3 Å². The average molecular weight is 290 g/mol. The average Bonchev–Trinajstić information content (AvgIpc) is 2.29. The van der Waals surface area contributed by atoms with Crippen molar-refractivity contribution in [1.82, 2.24) is 4.90 Å². The first-order chi connectivity index (χ1) is 7.66. The minimum atomic E-state index is 0.324. The molecule has 1 amide bonds. The summed E-state index contributed by atoms with van der Waals surface area (Å²) in [6.45, 7) is 2.17. The lowest BCUT2D eigenvalue weighted by Crippen LogP contribution is -2.44. The molecule has 2 unspecified atom stereocenters. The molecule has 2 atom stereocenters. The molecule has 0 heterocycles. The van der Waals surface area contributed by atoms with Crippen molar-refractivity contribution in [2.75, 3.05) is 7.05 Å². The minimum absolute atomic E-state index is 0.324. The van der Waals surface area contributed by atoms with Gasteiger partial charge in [0.15, 0.2) is 0 Å². The molecule has 0 bridgehead atoms. The second kappa shape index (κ2) is 7.31. The van der Waals surface area contributed by atoms with E-state index in [9.17, 15) is 4.79 Å². The van der Waals surface area contributed by atoms with E-state index in [1.165, 1.54) is 32.1 Å². The van der Waals surface area contributed by atoms with Crippen molar-refractivity contribution in [1.29, 1.82) is 0 Å². The molecular weight excluding hydrogens is 266 g/mol. The molecule has 0 saturated heterocycles. The first kappa shape index (κ1) is 14.0. The highest BCUT2D eigenvalue weighted by Gasteiger charge is 2.28. The van der Waals surface area contributed by atoms with E-state index < -0.39 is 0 Å². The van der Waals surface area contributed by atoms with Crippen molar-refractivity contribution in [3.63, 3.8) is 0 Å². The Balaban J connectivity index is 2.36. The van der Waals surface area contributed by atoms with Crippen LogP contribution in [0.25, 0.3) is 0 Å². The predicted molar refractivity (Wildman–Crippen MR) is 71.9 cm³/mol. The second-order valence-corrected chi connectivity index (χ2v) is 6.01. The Morgan fingerprint density at radius 2 is 2.00 bits per heavy atom. The second-order valence-electron chi connectivity index (χ2n) is 4.83. The zero-order valence-electron chi connectivity index (χ0n) is 10.5. The molecule has 0 aromatic rings. The molecule has 0 aromatic heterocycles. The SMILES string of the molecule is CCCCCC(=O)N(C)C1CCCCC1Br. The van der Waals surface area contributed by atoms with Gasteiger partial charge in [-0.2, -0.15) is 0 Å². The van der Waals surface area contributed by atoms with Gasteiger partial charge in [-0.1, -0.05) is 48.5 Å². The molecule has 16 heavy (non-hydrogen) atoms. The molecule has 0 spiro atoms. The fraction of sp³-hybridized carbons (Fsp3) is 0.923. The lowest BCUT2D eigenvalue weighted by Gasteiger charge is -2.35. The molecule has 1 fully saturated rings. The first-order valence-electron chi connectivity index (χ1n) is 6.56. The minimum Gasteiger partial charge on any atom is -0.342 e. The maximum Gasteiger partial charge on any atom is 0.222 e. The van der Waals surface area contributed by atoms with Crippen LogP contribution in [0, 0.1) is 0 Å². The van der Waals surface area contributed by atoms with Gasteiger partial charge in [0.05, 0.1) is 0 Å². The lowest BCUT2D eigenvalue weighted by molar-refractivity contribution is -0.132. The number of halogens is 1. The highest BCUT2D eigenvalue weighted by atomic mass is 79.9. The van der Waals surface area contributed by atoms with Crippen LogP contribution in [0.3, 0.4) is 0 Å². The summed E-state index contributed by atoms with van der Waals surface area (Å²) in [5.74, 6) is 0.324. The van der Waals surface area contributed by atoms with Crippen LogP contribution >= 0.6 is 15.9 Å². The zero-order valence-corrected chi connectivity index (χ0v) is 12.1. The Bertz CT molecular complexity index is 220. The Kier molecular flexibility index (Phi) is 6.40. The Morgan fingerprint density at radius 1 is 1.31 bits per heavy atom. The molecule has 0 aromatic carbocycles. The summed E-state index contributed by atoms with van der Waals surface area (Å²) in [5, 5.41) is 0. The third kappa shape index (κ3) is 4.08.